The summed E-state index contributed by atoms with van der Waals surface area (Å²) in [7, 11) is 9.98. The van der Waals surface area contributed by atoms with E-state index in [1.807, 2.05) is 67.5 Å². The minimum Gasteiger partial charge on any atom is -0.390 e. The molecule has 0 aliphatic carbocycles. The molecule has 24 heteroatoms. The van der Waals surface area contributed by atoms with E-state index in [-0.39, 0.29) is 55.8 Å². The monoisotopic (exact) mass is 1280 g/mol. The van der Waals surface area contributed by atoms with E-state index >= 15 is 19.2 Å². The van der Waals surface area contributed by atoms with Crippen LogP contribution in [0, 0.1) is 41.4 Å². The van der Waals surface area contributed by atoms with Crippen molar-refractivity contribution in [2.45, 2.75) is 242 Å². The summed E-state index contributed by atoms with van der Waals surface area (Å²) in [5.74, 6) is -9.82. The number of aryl methyl sites for hydroxylation is 1. The maximum Gasteiger partial charge on any atom is 0.246 e. The summed E-state index contributed by atoms with van der Waals surface area (Å²) in [4.78, 5) is 175. The first-order chi connectivity index (χ1) is 42.2. The molecule has 516 valence electrons. The number of likely N-dealkylation sites (N-methyl/N-ethyl adjacent to an activating group) is 7. The summed E-state index contributed by atoms with van der Waals surface area (Å²) in [6.45, 7) is 29.7. The van der Waals surface area contributed by atoms with E-state index in [0.29, 0.717) is 19.3 Å². The molecule has 1 saturated heterocycles. The van der Waals surface area contributed by atoms with Crippen LogP contribution in [-0.2, 0) is 59.2 Å². The number of aliphatic hydroxyl groups is 1. The van der Waals surface area contributed by atoms with Crippen molar-refractivity contribution in [1.29, 1.82) is 0 Å². The molecule has 0 bridgehead atoms. The average molecular weight is 1280 g/mol. The second-order valence-electron chi connectivity index (χ2n) is 27.9. The fourth-order valence-electron chi connectivity index (χ4n) is 11.7. The lowest BCUT2D eigenvalue weighted by Crippen LogP contribution is -2.64. The molecule has 0 aromatic carbocycles. The minimum absolute atomic E-state index is 0.00722. The highest BCUT2D eigenvalue weighted by Gasteiger charge is 2.46. The topological polar surface area (TPSA) is 292 Å². The third-order valence-corrected chi connectivity index (χ3v) is 17.6. The zero-order valence-electron chi connectivity index (χ0n) is 59.5. The van der Waals surface area contributed by atoms with Crippen molar-refractivity contribution < 1.29 is 57.8 Å². The Labute approximate surface area is 543 Å². The molecule has 1 aliphatic heterocycles. The molecule has 91 heavy (non-hydrogen) atoms. The molecule has 0 spiro atoms. The first-order valence-corrected chi connectivity index (χ1v) is 32.8. The van der Waals surface area contributed by atoms with Gasteiger partial charge in [0.05, 0.1) is 6.10 Å². The van der Waals surface area contributed by atoms with Crippen LogP contribution in [-0.4, -0.2) is 231 Å². The van der Waals surface area contributed by atoms with Gasteiger partial charge < -0.3 is 60.7 Å². The Morgan fingerprint density at radius 2 is 0.890 bits per heavy atom. The largest absolute Gasteiger partial charge is 0.390 e. The second kappa shape index (κ2) is 36.5. The van der Waals surface area contributed by atoms with Gasteiger partial charge in [0.1, 0.15) is 66.5 Å². The summed E-state index contributed by atoms with van der Waals surface area (Å²) in [5, 5.41) is 23.5. The molecule has 2 heterocycles. The minimum atomic E-state index is -1.64. The molecule has 0 saturated carbocycles. The Morgan fingerprint density at radius 3 is 1.35 bits per heavy atom. The lowest BCUT2D eigenvalue weighted by atomic mass is 9.90. The van der Waals surface area contributed by atoms with Crippen LogP contribution in [0.25, 0.3) is 0 Å². The number of aliphatic hydroxyl groups excluding tert-OH is 1. The summed E-state index contributed by atoms with van der Waals surface area (Å²) in [5.41, 5.74) is 0.826. The summed E-state index contributed by atoms with van der Waals surface area (Å²) >= 11 is 0. The van der Waals surface area contributed by atoms with E-state index in [0.717, 1.165) is 15.5 Å². The van der Waals surface area contributed by atoms with E-state index in [2.05, 4.69) is 26.3 Å². The molecular formula is C67H116N12O12. The van der Waals surface area contributed by atoms with Crippen molar-refractivity contribution in [3.8, 4) is 0 Å². The molecule has 24 nitrogen and oxygen atoms in total. The normalized spacial score (nSPS) is 26.6. The predicted octanol–water partition coefficient (Wildman–Crippen LogP) is 4.11. The lowest BCUT2D eigenvalue weighted by molar-refractivity contribution is -0.157. The van der Waals surface area contributed by atoms with Gasteiger partial charge in [0.2, 0.25) is 65.0 Å². The molecule has 13 atom stereocenters. The standard InChI is InChI=1S/C67H116N12O12/c1-25-48-63(87)73(18)46(17)62(86)74(19)50(34-38(4)5)59(83)72-53(41(10)11)66(90)75(20)49(33-37(2)3)58(82)69-44(15)57(81)70-45(16)61(85)76(21)51(35-39(6)7)64(88)77(22)52(36-40(8)9)65(89)78(23)54(42(12)13)67(91)79(24)55(60(84)71-48)56(80)43(14)29-28-31-47-30-26-27-32-68-47/h26-27,30,32,37-46,48-56,80H,25,28-29,31,33-36H2,1-24H3,(H,69,82)(H,70,81)(H,71,84)(H,72,83)/t43-,44+,45-,46-,48+,49+,50+,51+,52+,53+,54+,55-,56-/m1/s1. The van der Waals surface area contributed by atoms with Gasteiger partial charge in [0.25, 0.3) is 0 Å². The Morgan fingerprint density at radius 1 is 0.451 bits per heavy atom. The van der Waals surface area contributed by atoms with Crippen molar-refractivity contribution in [2.24, 2.45) is 41.4 Å². The van der Waals surface area contributed by atoms with Crippen LogP contribution in [0.5, 0.6) is 0 Å². The molecule has 1 aromatic rings. The summed E-state index contributed by atoms with van der Waals surface area (Å²) in [6, 6.07) is -8.15. The number of carbonyl (C=O) groups excluding carboxylic acids is 11. The molecular weight excluding hydrogens is 1160 g/mol. The molecule has 1 fully saturated rings. The fourth-order valence-corrected chi connectivity index (χ4v) is 11.7. The van der Waals surface area contributed by atoms with Gasteiger partial charge in [0.15, 0.2) is 0 Å². The highest BCUT2D eigenvalue weighted by atomic mass is 16.3. The highest BCUT2D eigenvalue weighted by Crippen LogP contribution is 2.26. The zero-order valence-corrected chi connectivity index (χ0v) is 59.5. The quantitative estimate of drug-likeness (QED) is 0.147. The van der Waals surface area contributed by atoms with Gasteiger partial charge in [-0.2, -0.15) is 0 Å². The van der Waals surface area contributed by atoms with Crippen molar-refractivity contribution in [1.82, 2.24) is 60.6 Å². The van der Waals surface area contributed by atoms with Gasteiger partial charge in [-0.25, -0.2) is 0 Å². The van der Waals surface area contributed by atoms with E-state index < -0.39 is 155 Å². The zero-order chi connectivity index (χ0) is 70.0. The number of pyridine rings is 1. The highest BCUT2D eigenvalue weighted by molar-refractivity contribution is 6.00. The maximum absolute atomic E-state index is 15.4. The molecule has 5 N–H and O–H groups in total. The molecule has 2 rings (SSSR count). The predicted molar refractivity (Wildman–Crippen MR) is 351 cm³/mol. The van der Waals surface area contributed by atoms with Gasteiger partial charge >= 0.3 is 0 Å². The van der Waals surface area contributed by atoms with Crippen molar-refractivity contribution >= 4 is 65.0 Å². The Kier molecular flexibility index (Phi) is 32.2. The van der Waals surface area contributed by atoms with Crippen LogP contribution in [0.4, 0.5) is 0 Å². The average Bonchev–Trinajstić information content (AvgIpc) is 0.883. The van der Waals surface area contributed by atoms with Gasteiger partial charge in [-0.3, -0.25) is 57.7 Å². The number of hydrogen-bond donors (Lipinski definition) is 5. The number of carbonyl (C=O) groups is 11. The van der Waals surface area contributed by atoms with Crippen LogP contribution in [0.15, 0.2) is 24.4 Å². The van der Waals surface area contributed by atoms with Crippen LogP contribution in [0.2, 0.25) is 0 Å². The molecule has 0 unspecified atom stereocenters. The molecule has 1 aliphatic rings. The number of hydrogen-bond acceptors (Lipinski definition) is 13. The van der Waals surface area contributed by atoms with Gasteiger partial charge in [0, 0.05) is 61.2 Å². The second-order valence-corrected chi connectivity index (χ2v) is 27.9. The number of nitrogens with zero attached hydrogens (tertiary/aromatic N) is 8. The summed E-state index contributed by atoms with van der Waals surface area (Å²) < 4.78 is 0. The smallest absolute Gasteiger partial charge is 0.246 e. The Balaban J connectivity index is 3.00. The van der Waals surface area contributed by atoms with Gasteiger partial charge in [-0.05, 0) is 126 Å². The SMILES string of the molecule is CC[C@@H]1NC(=O)[C@@H]([C@H](O)[C@H](C)CCCc2ccccn2)N(C)C(=O)[C@H](C(C)C)N(C)C(=O)[C@H](CC(C)C)N(C)C(=O)[C@H](CC(C)C)N(C)C(=O)[C@@H](C)NC(=O)[C@H](C)NC(=O)[C@H](CC(C)C)N(C)C(=O)[C@H](C(C)C)NC(=O)[C@H](CC(C)C)N(C)C(=O)[C@@H](C)N(C)C1=O. The number of aromatic nitrogens is 1. The van der Waals surface area contributed by atoms with E-state index in [1.165, 1.54) is 94.6 Å². The Hall–Kier alpha value is -6.72. The summed E-state index contributed by atoms with van der Waals surface area (Å²) in [6.07, 6.45) is 2.26. The van der Waals surface area contributed by atoms with Crippen molar-refractivity contribution in [3.63, 3.8) is 0 Å². The number of amides is 11. The lowest BCUT2D eigenvalue weighted by Gasteiger charge is -2.41. The van der Waals surface area contributed by atoms with Crippen molar-refractivity contribution in [3.05, 3.63) is 30.1 Å². The van der Waals surface area contributed by atoms with Crippen molar-refractivity contribution in [2.75, 3.05) is 49.3 Å². The van der Waals surface area contributed by atoms with Crippen LogP contribution in [0.3, 0.4) is 0 Å². The Bertz CT molecular complexity index is 2620. The van der Waals surface area contributed by atoms with E-state index in [9.17, 15) is 38.7 Å². The van der Waals surface area contributed by atoms with E-state index in [1.54, 1.807) is 53.8 Å². The third-order valence-electron chi connectivity index (χ3n) is 17.6. The van der Waals surface area contributed by atoms with Crippen LogP contribution in [0.1, 0.15) is 168 Å². The maximum atomic E-state index is 15.4. The first-order valence-electron chi connectivity index (χ1n) is 32.8. The number of nitrogens with one attached hydrogen (secondary N) is 4. The molecule has 11 amide bonds. The van der Waals surface area contributed by atoms with Gasteiger partial charge in [-0.1, -0.05) is 103 Å². The molecule has 0 radical (unpaired) electrons. The third kappa shape index (κ3) is 22.2. The fraction of sp³-hybridized carbons (Fsp3) is 0.761. The van der Waals surface area contributed by atoms with Crippen LogP contribution < -0.4 is 21.3 Å². The van der Waals surface area contributed by atoms with E-state index in [4.69, 9.17) is 0 Å². The molecule has 1 aromatic heterocycles. The first kappa shape index (κ1) is 80.4. The van der Waals surface area contributed by atoms with Gasteiger partial charge in [-0.15, -0.1) is 0 Å². The van der Waals surface area contributed by atoms with Crippen LogP contribution >= 0.6 is 0 Å². The number of rotatable bonds is 17.